The normalized spacial score (nSPS) is 14.3. The Balaban J connectivity index is 1.61. The zero-order valence-electron chi connectivity index (χ0n) is 18.4. The quantitative estimate of drug-likeness (QED) is 0.389. The van der Waals surface area contributed by atoms with Crippen LogP contribution < -0.4 is 10.1 Å². The molecule has 1 fully saturated rings. The Bertz CT molecular complexity index is 1360. The summed E-state index contributed by atoms with van der Waals surface area (Å²) in [6, 6.07) is 9.42. The number of nitrogens with one attached hydrogen (secondary N) is 1. The fourth-order valence-electron chi connectivity index (χ4n) is 3.17. The van der Waals surface area contributed by atoms with Crippen LogP contribution in [0, 0.1) is 5.82 Å². The van der Waals surface area contributed by atoms with Gasteiger partial charge < -0.3 is 9.47 Å². The van der Waals surface area contributed by atoms with E-state index in [2.05, 4.69) is 10.3 Å². The first-order valence-corrected chi connectivity index (χ1v) is 13.4. The van der Waals surface area contributed by atoms with Gasteiger partial charge >= 0.3 is 5.97 Å². The molecule has 184 valence electrons. The van der Waals surface area contributed by atoms with E-state index < -0.39 is 33.6 Å². The molecule has 12 heteroatoms. The van der Waals surface area contributed by atoms with Crippen LogP contribution in [-0.4, -0.2) is 37.1 Å². The summed E-state index contributed by atoms with van der Waals surface area (Å²) < 4.78 is 50.0. The van der Waals surface area contributed by atoms with Crippen molar-refractivity contribution in [3.8, 4) is 5.75 Å². The third kappa shape index (κ3) is 5.80. The van der Waals surface area contributed by atoms with E-state index in [-0.39, 0.29) is 43.9 Å². The molecule has 1 atom stereocenters. The molecule has 0 saturated heterocycles. The Kier molecular flexibility index (Phi) is 7.39. The summed E-state index contributed by atoms with van der Waals surface area (Å²) in [6.45, 7) is 1.83. The van der Waals surface area contributed by atoms with Crippen LogP contribution in [0.4, 0.5) is 9.52 Å². The van der Waals surface area contributed by atoms with Gasteiger partial charge in [-0.2, -0.15) is 0 Å². The van der Waals surface area contributed by atoms with E-state index in [4.69, 9.17) is 21.1 Å². The molecule has 1 aliphatic carbocycles. The third-order valence-corrected chi connectivity index (χ3v) is 8.34. The average molecular weight is 539 g/mol. The number of thiazole rings is 1. The minimum Gasteiger partial charge on any atom is -0.473 e. The number of carbonyl (C=O) groups excluding carboxylic acids is 2. The number of rotatable bonds is 9. The van der Waals surface area contributed by atoms with Gasteiger partial charge in [0.05, 0.1) is 16.8 Å². The number of halogens is 2. The van der Waals surface area contributed by atoms with Gasteiger partial charge in [-0.1, -0.05) is 23.7 Å². The monoisotopic (exact) mass is 538 g/mol. The number of aromatic nitrogens is 1. The van der Waals surface area contributed by atoms with Crippen molar-refractivity contribution in [3.63, 3.8) is 0 Å². The average Bonchev–Trinajstić information content (AvgIpc) is 3.59. The van der Waals surface area contributed by atoms with Crippen LogP contribution in [0.3, 0.4) is 0 Å². The highest BCUT2D eigenvalue weighted by molar-refractivity contribution is 7.92. The third-order valence-electron chi connectivity index (χ3n) is 5.07. The maximum atomic E-state index is 14.4. The Labute approximate surface area is 210 Å². The number of esters is 1. The van der Waals surface area contributed by atoms with E-state index in [1.165, 1.54) is 41.8 Å². The van der Waals surface area contributed by atoms with E-state index in [1.807, 2.05) is 0 Å². The Hall–Kier alpha value is -3.02. The van der Waals surface area contributed by atoms with Crippen LogP contribution in [0.15, 0.2) is 52.7 Å². The number of hydrogen-bond donors (Lipinski definition) is 1. The van der Waals surface area contributed by atoms with Gasteiger partial charge in [-0.25, -0.2) is 22.6 Å². The van der Waals surface area contributed by atoms with Crippen LogP contribution >= 0.6 is 22.9 Å². The highest BCUT2D eigenvalue weighted by atomic mass is 35.5. The van der Waals surface area contributed by atoms with Crippen molar-refractivity contribution in [1.82, 2.24) is 4.98 Å². The number of carbonyl (C=O) groups is 2. The number of amides is 1. The second-order valence-corrected chi connectivity index (χ2v) is 11.2. The molecule has 1 aliphatic rings. The van der Waals surface area contributed by atoms with Crippen molar-refractivity contribution < 1.29 is 31.9 Å². The van der Waals surface area contributed by atoms with Crippen molar-refractivity contribution in [2.75, 3.05) is 11.9 Å². The van der Waals surface area contributed by atoms with Gasteiger partial charge in [0.1, 0.15) is 0 Å². The molecule has 4 rings (SSSR count). The van der Waals surface area contributed by atoms with Gasteiger partial charge in [-0.05, 0) is 50.1 Å². The maximum absolute atomic E-state index is 14.4. The first-order valence-electron chi connectivity index (χ1n) is 10.6. The highest BCUT2D eigenvalue weighted by Gasteiger charge is 2.37. The zero-order chi connectivity index (χ0) is 25.2. The molecular formula is C23H20ClFN2O6S2. The molecule has 8 nitrogen and oxygen atoms in total. The van der Waals surface area contributed by atoms with Crippen LogP contribution in [0.5, 0.6) is 5.75 Å². The predicted molar refractivity (Wildman–Crippen MR) is 128 cm³/mol. The SMILES string of the molecule is CCOC(=O)c1csc(NC(=O)C(Oc2ccc(Cl)cc2F)c2ccc(S(=O)(=O)C3CC3)cc2)n1. The van der Waals surface area contributed by atoms with Gasteiger partial charge in [0.15, 0.2) is 32.2 Å². The zero-order valence-corrected chi connectivity index (χ0v) is 20.8. The molecule has 2 aromatic carbocycles. The molecule has 0 bridgehead atoms. The fraction of sp³-hybridized carbons (Fsp3) is 0.261. The molecule has 1 N–H and O–H groups in total. The lowest BCUT2D eigenvalue weighted by Gasteiger charge is -2.19. The molecule has 1 aromatic heterocycles. The molecule has 35 heavy (non-hydrogen) atoms. The molecule has 1 unspecified atom stereocenters. The number of anilines is 1. The van der Waals surface area contributed by atoms with Crippen LogP contribution in [-0.2, 0) is 19.4 Å². The van der Waals surface area contributed by atoms with E-state index in [1.54, 1.807) is 6.92 Å². The molecule has 1 saturated carbocycles. The molecular weight excluding hydrogens is 519 g/mol. The van der Waals surface area contributed by atoms with E-state index in [9.17, 15) is 22.4 Å². The number of ether oxygens (including phenoxy) is 2. The van der Waals surface area contributed by atoms with Crippen molar-refractivity contribution >= 4 is 49.8 Å². The molecule has 0 radical (unpaired) electrons. The summed E-state index contributed by atoms with van der Waals surface area (Å²) in [5.74, 6) is -2.34. The Morgan fingerprint density at radius 1 is 1.23 bits per heavy atom. The van der Waals surface area contributed by atoms with E-state index >= 15 is 0 Å². The summed E-state index contributed by atoms with van der Waals surface area (Å²) in [5.41, 5.74) is 0.316. The van der Waals surface area contributed by atoms with Gasteiger partial charge in [0.2, 0.25) is 6.10 Å². The van der Waals surface area contributed by atoms with Gasteiger partial charge in [0, 0.05) is 16.0 Å². The maximum Gasteiger partial charge on any atom is 0.357 e. The van der Waals surface area contributed by atoms with Gasteiger partial charge in [-0.3, -0.25) is 10.1 Å². The fourth-order valence-corrected chi connectivity index (χ4v) is 5.67. The standard InChI is InChI=1S/C23H20ClFN2O6S2/c1-2-32-22(29)18-12-34-23(26-18)27-21(28)20(33-19-10-5-14(24)11-17(19)25)13-3-6-15(7-4-13)35(30,31)16-8-9-16/h3-7,10-12,16,20H,2,8-9H2,1H3,(H,26,27,28). The summed E-state index contributed by atoms with van der Waals surface area (Å²) in [7, 11) is -3.43. The first-order chi connectivity index (χ1) is 16.7. The number of sulfone groups is 1. The van der Waals surface area contributed by atoms with Crippen molar-refractivity contribution in [2.45, 2.75) is 36.0 Å². The molecule has 3 aromatic rings. The van der Waals surface area contributed by atoms with Crippen molar-refractivity contribution in [3.05, 3.63) is 69.9 Å². The first kappa shape index (κ1) is 25.1. The lowest BCUT2D eigenvalue weighted by molar-refractivity contribution is -0.123. The smallest absolute Gasteiger partial charge is 0.357 e. The number of benzene rings is 2. The minimum absolute atomic E-state index is 0.0306. The second kappa shape index (κ2) is 10.3. The Morgan fingerprint density at radius 3 is 2.57 bits per heavy atom. The van der Waals surface area contributed by atoms with Crippen LogP contribution in [0.25, 0.3) is 0 Å². The predicted octanol–water partition coefficient (Wildman–Crippen LogP) is 4.81. The number of nitrogens with zero attached hydrogens (tertiary/aromatic N) is 1. The lowest BCUT2D eigenvalue weighted by atomic mass is 10.1. The summed E-state index contributed by atoms with van der Waals surface area (Å²) in [4.78, 5) is 29.2. The summed E-state index contributed by atoms with van der Waals surface area (Å²) >= 11 is 6.81. The molecule has 1 heterocycles. The van der Waals surface area contributed by atoms with Crippen LogP contribution in [0.1, 0.15) is 41.9 Å². The Morgan fingerprint density at radius 2 is 1.94 bits per heavy atom. The number of hydrogen-bond acceptors (Lipinski definition) is 8. The summed E-state index contributed by atoms with van der Waals surface area (Å²) in [6.07, 6.45) is -0.121. The minimum atomic E-state index is -3.43. The highest BCUT2D eigenvalue weighted by Crippen LogP contribution is 2.34. The van der Waals surface area contributed by atoms with E-state index in [0.29, 0.717) is 12.8 Å². The van der Waals surface area contributed by atoms with E-state index in [0.717, 1.165) is 17.4 Å². The lowest BCUT2D eigenvalue weighted by Crippen LogP contribution is -2.26. The van der Waals surface area contributed by atoms with Crippen molar-refractivity contribution in [2.24, 2.45) is 0 Å². The second-order valence-electron chi connectivity index (χ2n) is 7.63. The van der Waals surface area contributed by atoms with Crippen molar-refractivity contribution in [1.29, 1.82) is 0 Å². The topological polar surface area (TPSA) is 112 Å². The largest absolute Gasteiger partial charge is 0.473 e. The molecule has 1 amide bonds. The van der Waals surface area contributed by atoms with Gasteiger partial charge in [0.25, 0.3) is 5.91 Å². The summed E-state index contributed by atoms with van der Waals surface area (Å²) in [5, 5.41) is 3.86. The molecule has 0 aliphatic heterocycles. The van der Waals surface area contributed by atoms with Crippen LogP contribution in [0.2, 0.25) is 5.02 Å². The van der Waals surface area contributed by atoms with Gasteiger partial charge in [-0.15, -0.1) is 11.3 Å². The molecule has 0 spiro atoms.